The van der Waals surface area contributed by atoms with Crippen molar-refractivity contribution in [2.24, 2.45) is 0 Å². The number of thiophene rings is 1. The van der Waals surface area contributed by atoms with Crippen molar-refractivity contribution in [1.82, 2.24) is 9.13 Å². The first-order valence-electron chi connectivity index (χ1n) is 17.7. The van der Waals surface area contributed by atoms with Crippen molar-refractivity contribution in [2.75, 3.05) is 0 Å². The summed E-state index contributed by atoms with van der Waals surface area (Å²) in [6.45, 7) is 0. The number of ether oxygens (including phenoxy) is 1. The minimum Gasteiger partial charge on any atom is -0.453 e. The molecule has 1 aliphatic rings. The second-order valence-corrected chi connectivity index (χ2v) is 14.8. The Morgan fingerprint density at radius 1 is 0.404 bits per heavy atom. The number of fused-ring (bicyclic) bond motifs is 11. The van der Waals surface area contributed by atoms with Crippen molar-refractivity contribution in [2.45, 2.75) is 0 Å². The van der Waals surface area contributed by atoms with Crippen molar-refractivity contribution in [3.05, 3.63) is 170 Å². The maximum absolute atomic E-state index is 6.58. The molecule has 1 aliphatic heterocycles. The molecule has 4 heteroatoms. The van der Waals surface area contributed by atoms with Gasteiger partial charge in [0.15, 0.2) is 11.5 Å². The molecule has 0 bridgehead atoms. The summed E-state index contributed by atoms with van der Waals surface area (Å²) in [6, 6.07) is 61.7. The van der Waals surface area contributed by atoms with Gasteiger partial charge in [0.2, 0.25) is 0 Å². The van der Waals surface area contributed by atoms with Gasteiger partial charge in [-0.25, -0.2) is 0 Å². The van der Waals surface area contributed by atoms with Crippen LogP contribution in [-0.4, -0.2) is 9.13 Å². The second kappa shape index (κ2) is 10.5. The van der Waals surface area contributed by atoms with Crippen LogP contribution in [0.2, 0.25) is 0 Å². The van der Waals surface area contributed by atoms with Crippen LogP contribution in [0.25, 0.3) is 97.4 Å². The van der Waals surface area contributed by atoms with Gasteiger partial charge >= 0.3 is 0 Å². The highest BCUT2D eigenvalue weighted by Crippen LogP contribution is 2.48. The number of hydrogen-bond acceptors (Lipinski definition) is 2. The fraction of sp³-hybridized carbons (Fsp3) is 0. The van der Waals surface area contributed by atoms with Crippen molar-refractivity contribution in [1.29, 1.82) is 0 Å². The molecule has 0 unspecified atom stereocenters. The molecular weight excluding hydrogens is 653 g/mol. The summed E-state index contributed by atoms with van der Waals surface area (Å²) in [5.41, 5.74) is 11.7. The second-order valence-electron chi connectivity index (χ2n) is 13.7. The van der Waals surface area contributed by atoms with Crippen LogP contribution < -0.4 is 4.74 Å². The molecule has 52 heavy (non-hydrogen) atoms. The lowest BCUT2D eigenvalue weighted by Crippen LogP contribution is -2.06. The molecule has 0 N–H and O–H groups in total. The molecule has 0 spiro atoms. The summed E-state index contributed by atoms with van der Waals surface area (Å²) in [7, 11) is 0. The predicted molar refractivity (Wildman–Crippen MR) is 219 cm³/mol. The Morgan fingerprint density at radius 3 is 1.88 bits per heavy atom. The summed E-state index contributed by atoms with van der Waals surface area (Å²) in [6.07, 6.45) is 0. The molecule has 242 valence electrons. The van der Waals surface area contributed by atoms with Gasteiger partial charge < -0.3 is 13.9 Å². The predicted octanol–water partition coefficient (Wildman–Crippen LogP) is 13.7. The van der Waals surface area contributed by atoms with Gasteiger partial charge in [-0.3, -0.25) is 0 Å². The first kappa shape index (κ1) is 28.1. The maximum Gasteiger partial charge on any atom is 0.152 e. The van der Waals surface area contributed by atoms with E-state index < -0.39 is 0 Å². The van der Waals surface area contributed by atoms with Crippen LogP contribution in [0.4, 0.5) is 0 Å². The van der Waals surface area contributed by atoms with E-state index in [9.17, 15) is 0 Å². The van der Waals surface area contributed by atoms with Gasteiger partial charge in [0.1, 0.15) is 0 Å². The van der Waals surface area contributed by atoms with Crippen molar-refractivity contribution >= 4 is 75.1 Å². The molecular formula is C48H28N2OS. The van der Waals surface area contributed by atoms with E-state index in [4.69, 9.17) is 4.74 Å². The summed E-state index contributed by atoms with van der Waals surface area (Å²) < 4.78 is 14.0. The Bertz CT molecular complexity index is 3270. The lowest BCUT2D eigenvalue weighted by molar-refractivity contribution is 0.477. The molecule has 0 aliphatic carbocycles. The number of benzene rings is 8. The quantitative estimate of drug-likeness (QED) is 0.182. The van der Waals surface area contributed by atoms with E-state index >= 15 is 0 Å². The lowest BCUT2D eigenvalue weighted by Gasteiger charge is -2.23. The van der Waals surface area contributed by atoms with Crippen LogP contribution in [0, 0.1) is 0 Å². The number of aromatic nitrogens is 2. The lowest BCUT2D eigenvalue weighted by atomic mass is 9.98. The summed E-state index contributed by atoms with van der Waals surface area (Å²) in [5, 5.41) is 7.61. The number of rotatable bonds is 3. The Hall–Kier alpha value is -6.62. The third-order valence-corrected chi connectivity index (χ3v) is 12.1. The van der Waals surface area contributed by atoms with Gasteiger partial charge in [-0.1, -0.05) is 109 Å². The Labute approximate surface area is 302 Å². The average Bonchev–Trinajstić information content (AvgIpc) is 3.86. The monoisotopic (exact) mass is 680 g/mol. The minimum absolute atomic E-state index is 0.868. The van der Waals surface area contributed by atoms with Crippen LogP contribution in [0.3, 0.4) is 0 Å². The van der Waals surface area contributed by atoms with Gasteiger partial charge in [-0.15, -0.1) is 11.3 Å². The van der Waals surface area contributed by atoms with E-state index in [1.165, 1.54) is 69.4 Å². The molecule has 4 heterocycles. The Morgan fingerprint density at radius 2 is 1.02 bits per heavy atom. The molecule has 8 aromatic carbocycles. The van der Waals surface area contributed by atoms with Gasteiger partial charge in [-0.2, -0.15) is 0 Å². The average molecular weight is 681 g/mol. The Balaban J connectivity index is 1.02. The van der Waals surface area contributed by atoms with E-state index in [0.717, 1.165) is 39.5 Å². The van der Waals surface area contributed by atoms with Gasteiger partial charge in [-0.05, 0) is 77.4 Å². The van der Waals surface area contributed by atoms with Crippen molar-refractivity contribution in [3.63, 3.8) is 0 Å². The van der Waals surface area contributed by atoms with Crippen LogP contribution in [0.5, 0.6) is 11.5 Å². The minimum atomic E-state index is 0.868. The molecule has 0 saturated heterocycles. The van der Waals surface area contributed by atoms with E-state index in [-0.39, 0.29) is 0 Å². The highest BCUT2D eigenvalue weighted by Gasteiger charge is 2.26. The number of nitrogens with zero attached hydrogens (tertiary/aromatic N) is 2. The largest absolute Gasteiger partial charge is 0.453 e. The van der Waals surface area contributed by atoms with Crippen LogP contribution >= 0.6 is 11.3 Å². The van der Waals surface area contributed by atoms with Crippen LogP contribution in [0.15, 0.2) is 170 Å². The number of hydrogen-bond donors (Lipinski definition) is 0. The third kappa shape index (κ3) is 3.79. The molecule has 0 fully saturated rings. The zero-order valence-electron chi connectivity index (χ0n) is 27.9. The van der Waals surface area contributed by atoms with Crippen molar-refractivity contribution in [3.8, 4) is 45.1 Å². The molecule has 12 rings (SSSR count). The topological polar surface area (TPSA) is 19.1 Å². The fourth-order valence-corrected chi connectivity index (χ4v) is 9.84. The van der Waals surface area contributed by atoms with Gasteiger partial charge in [0, 0.05) is 53.0 Å². The van der Waals surface area contributed by atoms with E-state index in [1.54, 1.807) is 0 Å². The highest BCUT2D eigenvalue weighted by atomic mass is 32.1. The first-order valence-corrected chi connectivity index (χ1v) is 18.5. The zero-order chi connectivity index (χ0) is 33.9. The molecule has 0 amide bonds. The van der Waals surface area contributed by atoms with E-state index in [0.29, 0.717) is 0 Å². The molecule has 0 radical (unpaired) electrons. The molecule has 0 atom stereocenters. The molecule has 3 aromatic heterocycles. The smallest absolute Gasteiger partial charge is 0.152 e. The van der Waals surface area contributed by atoms with Crippen LogP contribution in [-0.2, 0) is 0 Å². The van der Waals surface area contributed by atoms with Crippen molar-refractivity contribution < 1.29 is 4.74 Å². The molecule has 11 aromatic rings. The molecule has 0 saturated carbocycles. The van der Waals surface area contributed by atoms with E-state index in [1.807, 2.05) is 11.3 Å². The number of para-hydroxylation sites is 4. The zero-order valence-corrected chi connectivity index (χ0v) is 28.7. The van der Waals surface area contributed by atoms with Gasteiger partial charge in [0.25, 0.3) is 0 Å². The standard InChI is InChI=1S/C48H28N2OS/c1-5-17-40-34(10-1)36-15-8-19-43-48(36)50(40)47-33(14-7-18-42(47)51-43)29-22-25-31(26-23-29)49-39-16-4-2-11-35(39)38-28-30(24-27-41(38)49)32-13-9-21-45-46(32)37-12-3-6-20-44(37)52-45/h1-28H. The summed E-state index contributed by atoms with van der Waals surface area (Å²) in [4.78, 5) is 0. The summed E-state index contributed by atoms with van der Waals surface area (Å²) >= 11 is 1.87. The normalized spacial score (nSPS) is 12.4. The first-order chi connectivity index (χ1) is 25.8. The van der Waals surface area contributed by atoms with Gasteiger partial charge in [0.05, 0.1) is 27.8 Å². The molecule has 3 nitrogen and oxygen atoms in total. The van der Waals surface area contributed by atoms with Crippen LogP contribution in [0.1, 0.15) is 0 Å². The third-order valence-electron chi connectivity index (χ3n) is 10.9. The SMILES string of the molecule is c1cc2c(c(-c3ccc(-n4c5ccccc5c5cc(-c6cccc7sc8ccccc8c67)ccc54)cc3)c1)-n1c3ccccc3c3cccc(c31)O2. The van der Waals surface area contributed by atoms with E-state index in [2.05, 4.69) is 179 Å². The Kier molecular flexibility index (Phi) is 5.65. The highest BCUT2D eigenvalue weighted by molar-refractivity contribution is 7.25. The summed E-state index contributed by atoms with van der Waals surface area (Å²) in [5.74, 6) is 1.76. The fourth-order valence-electron chi connectivity index (χ4n) is 8.71. The maximum atomic E-state index is 6.58.